The summed E-state index contributed by atoms with van der Waals surface area (Å²) >= 11 is 0. The molecule has 0 fully saturated rings. The minimum atomic E-state index is -5.30. The highest BCUT2D eigenvalue weighted by Crippen LogP contribution is 2.35. The van der Waals surface area contributed by atoms with Gasteiger partial charge in [-0.3, -0.25) is 20.6 Å². The zero-order valence-electron chi connectivity index (χ0n) is 9.70. The van der Waals surface area contributed by atoms with Gasteiger partial charge in [0.15, 0.2) is 6.10 Å². The molecule has 1 aromatic rings. The lowest BCUT2D eigenvalue weighted by Crippen LogP contribution is -2.60. The molecule has 110 valence electrons. The second kappa shape index (κ2) is 5.43. The van der Waals surface area contributed by atoms with Crippen LogP contribution in [0.3, 0.4) is 0 Å². The Morgan fingerprint density at radius 2 is 1.85 bits per heavy atom. The number of carboxylic acids is 1. The quantitative estimate of drug-likeness (QED) is 0.480. The molecule has 0 aliphatic rings. The molecule has 0 saturated carbocycles. The monoisotopic (exact) mass is 294 g/mol. The van der Waals surface area contributed by atoms with E-state index in [2.05, 4.69) is 4.74 Å². The zero-order valence-corrected chi connectivity index (χ0v) is 9.70. The summed E-state index contributed by atoms with van der Waals surface area (Å²) in [5.74, 6) is -2.25. The van der Waals surface area contributed by atoms with E-state index in [0.717, 1.165) is 12.1 Å². The number of alkyl halides is 3. The van der Waals surface area contributed by atoms with E-state index in [-0.39, 0.29) is 5.56 Å². The van der Waals surface area contributed by atoms with E-state index < -0.39 is 29.0 Å². The molecule has 10 heteroatoms. The fourth-order valence-electron chi connectivity index (χ4n) is 1.46. The number of nitro groups is 1. The van der Waals surface area contributed by atoms with Crippen LogP contribution in [0.1, 0.15) is 11.7 Å². The molecule has 0 bridgehead atoms. The van der Waals surface area contributed by atoms with Gasteiger partial charge in [-0.05, 0) is 5.56 Å². The number of rotatable bonds is 5. The second-order valence-corrected chi connectivity index (χ2v) is 3.74. The third-order valence-corrected chi connectivity index (χ3v) is 2.40. The smallest absolute Gasteiger partial charge is 0.475 e. The van der Waals surface area contributed by atoms with Gasteiger partial charge in [0.05, 0.1) is 4.92 Å². The molecule has 0 aliphatic heterocycles. The molecule has 20 heavy (non-hydrogen) atoms. The van der Waals surface area contributed by atoms with Gasteiger partial charge in [-0.1, -0.05) is 30.3 Å². The minimum absolute atomic E-state index is 0.383. The van der Waals surface area contributed by atoms with Crippen LogP contribution in [-0.4, -0.2) is 28.0 Å². The highest BCUT2D eigenvalue weighted by molar-refractivity contribution is 5.77. The fourth-order valence-corrected chi connectivity index (χ4v) is 1.46. The Kier molecular flexibility index (Phi) is 4.30. The highest BCUT2D eigenvalue weighted by atomic mass is 19.4. The van der Waals surface area contributed by atoms with E-state index in [9.17, 15) is 28.1 Å². The molecule has 2 atom stereocenters. The molecule has 0 aliphatic carbocycles. The Bertz CT molecular complexity index is 491. The maximum absolute atomic E-state index is 12.4. The van der Waals surface area contributed by atoms with Gasteiger partial charge in [0.25, 0.3) is 0 Å². The molecule has 3 N–H and O–H groups in total. The Morgan fingerprint density at radius 1 is 1.35 bits per heavy atom. The zero-order chi connectivity index (χ0) is 15.6. The van der Waals surface area contributed by atoms with Crippen molar-refractivity contribution in [3.8, 4) is 0 Å². The number of halogens is 3. The van der Waals surface area contributed by atoms with E-state index in [0.29, 0.717) is 0 Å². The van der Waals surface area contributed by atoms with Crippen molar-refractivity contribution >= 4 is 5.97 Å². The first-order valence-electron chi connectivity index (χ1n) is 5.05. The van der Waals surface area contributed by atoms with Gasteiger partial charge in [0, 0.05) is 0 Å². The van der Waals surface area contributed by atoms with E-state index >= 15 is 0 Å². The highest BCUT2D eigenvalue weighted by Gasteiger charge is 2.59. The number of carbonyl (C=O) groups is 1. The molecule has 0 aromatic heterocycles. The number of benzene rings is 1. The summed E-state index contributed by atoms with van der Waals surface area (Å²) in [4.78, 5) is 20.2. The molecule has 2 unspecified atom stereocenters. The van der Waals surface area contributed by atoms with Crippen LogP contribution in [0.15, 0.2) is 30.3 Å². The molecular formula is C10H9F3N2O5. The summed E-state index contributed by atoms with van der Waals surface area (Å²) < 4.78 is 40.6. The number of nitrogens with two attached hydrogens (primary N) is 1. The number of aliphatic carboxylic acids is 1. The molecule has 1 aromatic carbocycles. The second-order valence-electron chi connectivity index (χ2n) is 3.74. The standard InChI is InChI=1S/C10H9F3N2O5/c11-10(12,13)20-7(6-4-2-1-3-5-6)9(14,8(16)17)15(18)19/h1-5,7H,14H2,(H,16,17). The maximum atomic E-state index is 12.4. The number of hydrogen-bond acceptors (Lipinski definition) is 5. The predicted molar refractivity (Wildman–Crippen MR) is 57.9 cm³/mol. The first-order valence-corrected chi connectivity index (χ1v) is 5.05. The largest absolute Gasteiger partial charge is 0.523 e. The molecule has 0 heterocycles. The van der Waals surface area contributed by atoms with Gasteiger partial charge in [0.2, 0.25) is 0 Å². The molecule has 0 saturated heterocycles. The molecule has 0 spiro atoms. The van der Waals surface area contributed by atoms with Crippen molar-refractivity contribution < 1.29 is 32.7 Å². The lowest BCUT2D eigenvalue weighted by atomic mass is 9.97. The summed E-state index contributed by atoms with van der Waals surface area (Å²) in [6.45, 7) is 0. The Morgan fingerprint density at radius 3 is 2.20 bits per heavy atom. The molecule has 0 amide bonds. The SMILES string of the molecule is NC(C(=O)O)(C(OC(F)(F)F)c1ccccc1)[N+](=O)[O-]. The molecule has 7 nitrogen and oxygen atoms in total. The summed E-state index contributed by atoms with van der Waals surface area (Å²) in [7, 11) is 0. The topological polar surface area (TPSA) is 116 Å². The summed E-state index contributed by atoms with van der Waals surface area (Å²) in [6, 6.07) is 6.06. The summed E-state index contributed by atoms with van der Waals surface area (Å²) in [5, 5.41) is 19.6. The van der Waals surface area contributed by atoms with Crippen LogP contribution < -0.4 is 5.73 Å². The van der Waals surface area contributed by atoms with Gasteiger partial charge < -0.3 is 5.11 Å². The number of hydrogen-bond donors (Lipinski definition) is 2. The van der Waals surface area contributed by atoms with Gasteiger partial charge >= 0.3 is 18.0 Å². The minimum Gasteiger partial charge on any atom is -0.475 e. The van der Waals surface area contributed by atoms with Gasteiger partial charge in [-0.25, -0.2) is 4.79 Å². The summed E-state index contributed by atoms with van der Waals surface area (Å²) in [6.07, 6.45) is -7.83. The number of ether oxygens (including phenoxy) is 1. The van der Waals surface area contributed by atoms with Crippen LogP contribution in [0.5, 0.6) is 0 Å². The van der Waals surface area contributed by atoms with Crippen molar-refractivity contribution in [1.29, 1.82) is 0 Å². The Hall–Kier alpha value is -2.20. The van der Waals surface area contributed by atoms with Gasteiger partial charge in [-0.2, -0.15) is 0 Å². The lowest BCUT2D eigenvalue weighted by molar-refractivity contribution is -0.577. The van der Waals surface area contributed by atoms with Crippen molar-refractivity contribution in [3.05, 3.63) is 46.0 Å². The summed E-state index contributed by atoms with van der Waals surface area (Å²) in [5.41, 5.74) is 1.19. The van der Waals surface area contributed by atoms with Crippen molar-refractivity contribution in [1.82, 2.24) is 0 Å². The van der Waals surface area contributed by atoms with Crippen molar-refractivity contribution in [3.63, 3.8) is 0 Å². The van der Waals surface area contributed by atoms with E-state index in [1.54, 1.807) is 0 Å². The van der Waals surface area contributed by atoms with Crippen molar-refractivity contribution in [2.75, 3.05) is 0 Å². The number of nitrogens with zero attached hydrogens (tertiary/aromatic N) is 1. The third-order valence-electron chi connectivity index (χ3n) is 2.40. The van der Waals surface area contributed by atoms with Crippen LogP contribution in [0.4, 0.5) is 13.2 Å². The van der Waals surface area contributed by atoms with E-state index in [1.807, 2.05) is 0 Å². The van der Waals surface area contributed by atoms with Crippen LogP contribution in [-0.2, 0) is 9.53 Å². The normalized spacial score (nSPS) is 16.2. The van der Waals surface area contributed by atoms with Crippen LogP contribution in [0.2, 0.25) is 0 Å². The van der Waals surface area contributed by atoms with Crippen LogP contribution in [0.25, 0.3) is 0 Å². The Labute approximate surface area is 109 Å². The average molecular weight is 294 g/mol. The maximum Gasteiger partial charge on any atom is 0.523 e. The van der Waals surface area contributed by atoms with Crippen molar-refractivity contribution in [2.45, 2.75) is 18.1 Å². The van der Waals surface area contributed by atoms with Crippen LogP contribution >= 0.6 is 0 Å². The molecule has 0 radical (unpaired) electrons. The van der Waals surface area contributed by atoms with E-state index in [1.165, 1.54) is 18.2 Å². The lowest BCUT2D eigenvalue weighted by Gasteiger charge is -2.26. The average Bonchev–Trinajstić information content (AvgIpc) is 2.34. The van der Waals surface area contributed by atoms with Crippen LogP contribution in [0, 0.1) is 10.1 Å². The molecule has 1 rings (SSSR count). The van der Waals surface area contributed by atoms with Crippen molar-refractivity contribution in [2.24, 2.45) is 5.73 Å². The van der Waals surface area contributed by atoms with Gasteiger partial charge in [-0.15, -0.1) is 13.2 Å². The number of carboxylic acid groups (broad SMARTS) is 1. The van der Waals surface area contributed by atoms with E-state index in [4.69, 9.17) is 10.8 Å². The van der Waals surface area contributed by atoms with Gasteiger partial charge in [0.1, 0.15) is 0 Å². The first kappa shape index (κ1) is 15.9. The molecular weight excluding hydrogens is 285 g/mol. The first-order chi connectivity index (χ1) is 9.09. The predicted octanol–water partition coefficient (Wildman–Crippen LogP) is 1.28. The fraction of sp³-hybridized carbons (Fsp3) is 0.300. The Balaban J connectivity index is 3.37. The third kappa shape index (κ3) is 3.22.